The molecule has 1 aliphatic carbocycles. The lowest BCUT2D eigenvalue weighted by molar-refractivity contribution is -0.385. The average molecular weight is 515 g/mol. The first-order valence-electron chi connectivity index (χ1n) is 11.8. The molecule has 0 atom stereocenters. The van der Waals surface area contributed by atoms with Gasteiger partial charge in [0.15, 0.2) is 11.5 Å². The molecule has 198 valence electrons. The highest BCUT2D eigenvalue weighted by Crippen LogP contribution is 2.35. The molecule has 1 amide bonds. The number of nitro benzene ring substituents is 1. The summed E-state index contributed by atoms with van der Waals surface area (Å²) in [5.74, 6) is 0.664. The first-order valence-corrected chi connectivity index (χ1v) is 13.8. The van der Waals surface area contributed by atoms with Gasteiger partial charge in [-0.3, -0.25) is 10.1 Å². The zero-order valence-electron chi connectivity index (χ0n) is 21.4. The summed E-state index contributed by atoms with van der Waals surface area (Å²) in [4.78, 5) is 25.9. The number of carbonyl (C=O) groups excluding carboxylic acids is 1. The van der Waals surface area contributed by atoms with Gasteiger partial charge in [-0.2, -0.15) is 0 Å². The normalized spacial score (nSPS) is 14.4. The minimum Gasteiger partial charge on any atom is -0.493 e. The molecule has 0 aromatic heterocycles. The second-order valence-corrected chi connectivity index (χ2v) is 11.5. The summed E-state index contributed by atoms with van der Waals surface area (Å²) >= 11 is 0. The Morgan fingerprint density at radius 1 is 1.00 bits per heavy atom. The van der Waals surface area contributed by atoms with Crippen molar-refractivity contribution in [1.29, 1.82) is 0 Å². The largest absolute Gasteiger partial charge is 0.500 e. The molecular weight excluding hydrogens is 476 g/mol. The van der Waals surface area contributed by atoms with Gasteiger partial charge in [0.25, 0.3) is 5.69 Å². The lowest BCUT2D eigenvalue weighted by Crippen LogP contribution is -2.44. The number of hydrogen-bond acceptors (Lipinski definition) is 9. The fraction of sp³-hybridized carbons (Fsp3) is 0.696. The summed E-state index contributed by atoms with van der Waals surface area (Å²) in [5.41, 5.74) is 0.352. The van der Waals surface area contributed by atoms with E-state index < -0.39 is 19.8 Å². The molecule has 1 aromatic carbocycles. The Bertz CT molecular complexity index is 821. The number of nitro groups is 1. The number of nitrogens with zero attached hydrogens (tertiary/aromatic N) is 2. The number of amides is 1. The molecule has 1 saturated carbocycles. The molecule has 0 bridgehead atoms. The molecule has 1 aliphatic rings. The molecule has 35 heavy (non-hydrogen) atoms. The highest BCUT2D eigenvalue weighted by Gasteiger charge is 2.37. The van der Waals surface area contributed by atoms with Crippen molar-refractivity contribution in [3.05, 3.63) is 27.8 Å². The van der Waals surface area contributed by atoms with Crippen LogP contribution in [0, 0.1) is 10.1 Å². The van der Waals surface area contributed by atoms with Gasteiger partial charge >= 0.3 is 14.9 Å². The molecule has 1 fully saturated rings. The highest BCUT2D eigenvalue weighted by atomic mass is 28.4. The Morgan fingerprint density at radius 3 is 2.14 bits per heavy atom. The molecule has 0 spiro atoms. The predicted molar refractivity (Wildman–Crippen MR) is 131 cm³/mol. The minimum absolute atomic E-state index is 0.0900. The third-order valence-corrected chi connectivity index (χ3v) is 9.19. The van der Waals surface area contributed by atoms with E-state index in [4.69, 9.17) is 27.5 Å². The van der Waals surface area contributed by atoms with E-state index in [9.17, 15) is 14.9 Å². The zero-order valence-corrected chi connectivity index (χ0v) is 22.4. The van der Waals surface area contributed by atoms with Crippen LogP contribution < -0.4 is 9.47 Å². The maximum absolute atomic E-state index is 13.1. The van der Waals surface area contributed by atoms with E-state index in [0.717, 1.165) is 32.1 Å². The van der Waals surface area contributed by atoms with Crippen LogP contribution in [0.1, 0.15) is 44.1 Å². The molecule has 11 nitrogen and oxygen atoms in total. The van der Waals surface area contributed by atoms with Crippen molar-refractivity contribution < 1.29 is 37.2 Å². The maximum Gasteiger partial charge on any atom is 0.500 e. The fourth-order valence-electron chi connectivity index (χ4n) is 4.27. The van der Waals surface area contributed by atoms with Gasteiger partial charge in [0.2, 0.25) is 0 Å². The van der Waals surface area contributed by atoms with Gasteiger partial charge in [-0.1, -0.05) is 6.42 Å². The van der Waals surface area contributed by atoms with Crippen LogP contribution in [-0.4, -0.2) is 79.5 Å². The summed E-state index contributed by atoms with van der Waals surface area (Å²) in [6, 6.07) is 3.44. The van der Waals surface area contributed by atoms with Gasteiger partial charge in [-0.25, -0.2) is 4.79 Å². The molecule has 1 aromatic rings. The quantitative estimate of drug-likeness (QED) is 0.204. The van der Waals surface area contributed by atoms with E-state index in [0.29, 0.717) is 30.3 Å². The summed E-state index contributed by atoms with van der Waals surface area (Å²) in [7, 11) is 4.74. The van der Waals surface area contributed by atoms with Crippen LogP contribution in [0.5, 0.6) is 11.5 Å². The first-order chi connectivity index (χ1) is 16.8. The van der Waals surface area contributed by atoms with E-state index in [1.165, 1.54) is 20.3 Å². The van der Waals surface area contributed by atoms with Gasteiger partial charge in [-0.05, 0) is 44.6 Å². The molecule has 0 saturated heterocycles. The standard InChI is InChI=1S/C23H38N2O9Si/c1-29-21-16-18(20(25(27)28)17-22(21)30-2)12-14-24(13-9-15-35(31-3,32-4)33-5)23(26)34-19-10-7-6-8-11-19/h16-17,19H,6-15H2,1-5H3. The Balaban J connectivity index is 2.18. The van der Waals surface area contributed by atoms with Crippen molar-refractivity contribution in [3.63, 3.8) is 0 Å². The smallest absolute Gasteiger partial charge is 0.493 e. The second kappa shape index (κ2) is 14.2. The van der Waals surface area contributed by atoms with Crippen LogP contribution in [0.3, 0.4) is 0 Å². The SMILES string of the molecule is COc1cc(CCN(CCC[Si](OC)(OC)OC)C(=O)OC2CCCCC2)c([N+](=O)[O-])cc1OC. The molecule has 12 heteroatoms. The van der Waals surface area contributed by atoms with Gasteiger partial charge in [0.1, 0.15) is 6.10 Å². The number of methoxy groups -OCH3 is 2. The summed E-state index contributed by atoms with van der Waals surface area (Å²) in [6.07, 6.45) is 5.24. The molecule has 0 N–H and O–H groups in total. The van der Waals surface area contributed by atoms with Crippen LogP contribution in [0.2, 0.25) is 6.04 Å². The number of hydrogen-bond donors (Lipinski definition) is 0. The van der Waals surface area contributed by atoms with Crippen LogP contribution in [-0.2, 0) is 24.4 Å². The van der Waals surface area contributed by atoms with E-state index >= 15 is 0 Å². The Kier molecular flexibility index (Phi) is 11.7. The van der Waals surface area contributed by atoms with Crippen molar-refractivity contribution in [2.45, 2.75) is 57.1 Å². The highest BCUT2D eigenvalue weighted by molar-refractivity contribution is 6.60. The van der Waals surface area contributed by atoms with Gasteiger partial charge in [0.05, 0.1) is 25.2 Å². The number of carbonyl (C=O) groups is 1. The van der Waals surface area contributed by atoms with Gasteiger partial charge in [0, 0.05) is 46.0 Å². The first kappa shape index (κ1) is 28.8. The Morgan fingerprint density at radius 2 is 1.60 bits per heavy atom. The molecule has 0 aliphatic heterocycles. The van der Waals surface area contributed by atoms with Crippen molar-refractivity contribution in [2.24, 2.45) is 0 Å². The Labute approximate surface area is 208 Å². The molecule has 2 rings (SSSR count). The number of benzene rings is 1. The van der Waals surface area contributed by atoms with Gasteiger partial charge in [-0.15, -0.1) is 0 Å². The van der Waals surface area contributed by atoms with E-state index in [2.05, 4.69) is 0 Å². The molecule has 0 radical (unpaired) electrons. The van der Waals surface area contributed by atoms with Crippen molar-refractivity contribution in [1.82, 2.24) is 4.90 Å². The topological polar surface area (TPSA) is 119 Å². The van der Waals surface area contributed by atoms with Crippen LogP contribution >= 0.6 is 0 Å². The monoisotopic (exact) mass is 514 g/mol. The molecule has 0 heterocycles. The lowest BCUT2D eigenvalue weighted by Gasteiger charge is -2.29. The fourth-order valence-corrected chi connectivity index (χ4v) is 5.98. The Hall–Kier alpha value is -2.41. The number of rotatable bonds is 14. The van der Waals surface area contributed by atoms with E-state index in [-0.39, 0.29) is 30.5 Å². The summed E-state index contributed by atoms with van der Waals surface area (Å²) in [5, 5.41) is 11.7. The van der Waals surface area contributed by atoms with E-state index in [1.807, 2.05) is 0 Å². The summed E-state index contributed by atoms with van der Waals surface area (Å²) < 4.78 is 32.7. The van der Waals surface area contributed by atoms with Crippen LogP contribution in [0.4, 0.5) is 10.5 Å². The minimum atomic E-state index is -2.79. The van der Waals surface area contributed by atoms with Crippen molar-refractivity contribution >= 4 is 20.6 Å². The van der Waals surface area contributed by atoms with E-state index in [1.54, 1.807) is 32.3 Å². The average Bonchev–Trinajstić information content (AvgIpc) is 2.88. The third kappa shape index (κ3) is 8.06. The number of ether oxygens (including phenoxy) is 3. The van der Waals surface area contributed by atoms with Crippen molar-refractivity contribution in [3.8, 4) is 11.5 Å². The molecular formula is C23H38N2O9Si. The predicted octanol–water partition coefficient (Wildman–Crippen LogP) is 4.19. The second-order valence-electron chi connectivity index (χ2n) is 8.37. The lowest BCUT2D eigenvalue weighted by atomic mass is 9.98. The van der Waals surface area contributed by atoms with Crippen LogP contribution in [0.25, 0.3) is 0 Å². The maximum atomic E-state index is 13.1. The molecule has 0 unspecified atom stereocenters. The summed E-state index contributed by atoms with van der Waals surface area (Å²) in [6.45, 7) is 0.612. The van der Waals surface area contributed by atoms with Crippen LogP contribution in [0.15, 0.2) is 12.1 Å². The third-order valence-electron chi connectivity index (χ3n) is 6.35. The van der Waals surface area contributed by atoms with Crippen molar-refractivity contribution in [2.75, 3.05) is 48.6 Å². The van der Waals surface area contributed by atoms with Gasteiger partial charge < -0.3 is 32.4 Å². The zero-order chi connectivity index (χ0) is 25.8.